The van der Waals surface area contributed by atoms with Crippen LogP contribution in [0.3, 0.4) is 0 Å². The van der Waals surface area contributed by atoms with Gasteiger partial charge in [0.2, 0.25) is 5.91 Å². The predicted octanol–water partition coefficient (Wildman–Crippen LogP) is 4.16. The van der Waals surface area contributed by atoms with E-state index in [1.54, 1.807) is 25.1 Å². The molecule has 2 aromatic heterocycles. The summed E-state index contributed by atoms with van der Waals surface area (Å²) < 4.78 is 1.84. The molecule has 3 aromatic rings. The molecule has 0 saturated carbocycles. The molecular formula is C15H12Cl2N4OS. The SMILES string of the molecule is CC(Sc1nnc2ccccn12)C(=O)Nc1cc(Cl)cc(Cl)c1. The van der Waals surface area contributed by atoms with E-state index in [-0.39, 0.29) is 11.2 Å². The van der Waals surface area contributed by atoms with Gasteiger partial charge in [-0.15, -0.1) is 10.2 Å². The fraction of sp³-hybridized carbons (Fsp3) is 0.133. The molecule has 1 aromatic carbocycles. The van der Waals surface area contributed by atoms with Crippen molar-refractivity contribution in [3.63, 3.8) is 0 Å². The maximum absolute atomic E-state index is 12.3. The Bertz CT molecular complexity index is 847. The summed E-state index contributed by atoms with van der Waals surface area (Å²) in [7, 11) is 0. The van der Waals surface area contributed by atoms with Crippen molar-refractivity contribution in [2.24, 2.45) is 0 Å². The van der Waals surface area contributed by atoms with Gasteiger partial charge in [-0.05, 0) is 37.3 Å². The Morgan fingerprint density at radius 1 is 1.22 bits per heavy atom. The molecule has 118 valence electrons. The number of nitrogens with zero attached hydrogens (tertiary/aromatic N) is 3. The zero-order chi connectivity index (χ0) is 16.4. The van der Waals surface area contributed by atoms with Crippen LogP contribution in [0.25, 0.3) is 5.65 Å². The fourth-order valence-electron chi connectivity index (χ4n) is 1.98. The van der Waals surface area contributed by atoms with Gasteiger partial charge in [0.25, 0.3) is 0 Å². The topological polar surface area (TPSA) is 59.3 Å². The van der Waals surface area contributed by atoms with E-state index in [4.69, 9.17) is 23.2 Å². The molecule has 3 rings (SSSR count). The number of hydrogen-bond donors (Lipinski definition) is 1. The van der Waals surface area contributed by atoms with Crippen LogP contribution in [0.1, 0.15) is 6.92 Å². The lowest BCUT2D eigenvalue weighted by Gasteiger charge is -2.11. The molecule has 0 bridgehead atoms. The lowest BCUT2D eigenvalue weighted by molar-refractivity contribution is -0.115. The Kier molecular flexibility index (Phi) is 4.75. The van der Waals surface area contributed by atoms with E-state index in [1.165, 1.54) is 11.8 Å². The minimum atomic E-state index is -0.361. The summed E-state index contributed by atoms with van der Waals surface area (Å²) in [6.45, 7) is 1.80. The first kappa shape index (κ1) is 16.1. The Morgan fingerprint density at radius 2 is 1.96 bits per heavy atom. The number of amides is 1. The number of anilines is 1. The van der Waals surface area contributed by atoms with Gasteiger partial charge in [0.15, 0.2) is 10.8 Å². The van der Waals surface area contributed by atoms with Crippen LogP contribution in [-0.2, 0) is 4.79 Å². The molecule has 0 aliphatic heterocycles. The van der Waals surface area contributed by atoms with Crippen LogP contribution in [0.4, 0.5) is 5.69 Å². The molecular weight excluding hydrogens is 355 g/mol. The second-order valence-corrected chi connectivity index (χ2v) is 7.00. The number of nitrogens with one attached hydrogen (secondary N) is 1. The Balaban J connectivity index is 1.72. The molecule has 5 nitrogen and oxygen atoms in total. The summed E-state index contributed by atoms with van der Waals surface area (Å²) in [5, 5.41) is 12.2. The van der Waals surface area contributed by atoms with Gasteiger partial charge in [-0.3, -0.25) is 9.20 Å². The number of carbonyl (C=O) groups excluding carboxylic acids is 1. The third kappa shape index (κ3) is 3.77. The van der Waals surface area contributed by atoms with Crippen molar-refractivity contribution in [3.05, 3.63) is 52.6 Å². The van der Waals surface area contributed by atoms with Gasteiger partial charge >= 0.3 is 0 Å². The average Bonchev–Trinajstić information content (AvgIpc) is 2.89. The number of halogens is 2. The van der Waals surface area contributed by atoms with Gasteiger partial charge in [0, 0.05) is 21.9 Å². The molecule has 8 heteroatoms. The van der Waals surface area contributed by atoms with Crippen LogP contribution in [0, 0.1) is 0 Å². The van der Waals surface area contributed by atoms with E-state index in [9.17, 15) is 4.79 Å². The number of thioether (sulfide) groups is 1. The van der Waals surface area contributed by atoms with Crippen LogP contribution in [0.2, 0.25) is 10.0 Å². The van der Waals surface area contributed by atoms with Gasteiger partial charge in [-0.1, -0.05) is 41.0 Å². The van der Waals surface area contributed by atoms with Crippen molar-refractivity contribution >= 4 is 52.2 Å². The van der Waals surface area contributed by atoms with Crippen LogP contribution in [0.15, 0.2) is 47.8 Å². The second kappa shape index (κ2) is 6.78. The summed E-state index contributed by atoms with van der Waals surface area (Å²) in [6.07, 6.45) is 1.86. The van der Waals surface area contributed by atoms with E-state index >= 15 is 0 Å². The smallest absolute Gasteiger partial charge is 0.237 e. The minimum Gasteiger partial charge on any atom is -0.325 e. The molecule has 2 heterocycles. The third-order valence-corrected chi connectivity index (χ3v) is 4.56. The lowest BCUT2D eigenvalue weighted by atomic mass is 10.3. The molecule has 0 saturated heterocycles. The van der Waals surface area contributed by atoms with Gasteiger partial charge in [-0.25, -0.2) is 0 Å². The van der Waals surface area contributed by atoms with E-state index in [0.29, 0.717) is 20.9 Å². The zero-order valence-electron chi connectivity index (χ0n) is 12.0. The first-order valence-electron chi connectivity index (χ1n) is 6.76. The molecule has 0 aliphatic carbocycles. The molecule has 0 radical (unpaired) electrons. The number of carbonyl (C=O) groups is 1. The van der Waals surface area contributed by atoms with Crippen LogP contribution in [0.5, 0.6) is 0 Å². The normalized spacial score (nSPS) is 12.3. The minimum absolute atomic E-state index is 0.166. The lowest BCUT2D eigenvalue weighted by Crippen LogP contribution is -2.22. The predicted molar refractivity (Wildman–Crippen MR) is 93.4 cm³/mol. The summed E-state index contributed by atoms with van der Waals surface area (Å²) in [5.41, 5.74) is 1.30. The van der Waals surface area contributed by atoms with Crippen molar-refractivity contribution in [1.29, 1.82) is 0 Å². The Morgan fingerprint density at radius 3 is 2.70 bits per heavy atom. The molecule has 23 heavy (non-hydrogen) atoms. The van der Waals surface area contributed by atoms with Gasteiger partial charge in [0.05, 0.1) is 5.25 Å². The molecule has 1 amide bonds. The highest BCUT2D eigenvalue weighted by molar-refractivity contribution is 8.00. The molecule has 0 fully saturated rings. The fourth-order valence-corrected chi connectivity index (χ4v) is 3.35. The largest absolute Gasteiger partial charge is 0.325 e. The number of aromatic nitrogens is 3. The van der Waals surface area contributed by atoms with Crippen LogP contribution in [-0.4, -0.2) is 25.8 Å². The van der Waals surface area contributed by atoms with Gasteiger partial charge < -0.3 is 5.32 Å². The molecule has 0 spiro atoms. The summed E-state index contributed by atoms with van der Waals surface area (Å²) >= 11 is 13.2. The number of fused-ring (bicyclic) bond motifs is 1. The number of hydrogen-bond acceptors (Lipinski definition) is 4. The monoisotopic (exact) mass is 366 g/mol. The first-order valence-corrected chi connectivity index (χ1v) is 8.40. The molecule has 0 aliphatic rings. The van der Waals surface area contributed by atoms with Crippen molar-refractivity contribution < 1.29 is 4.79 Å². The van der Waals surface area contributed by atoms with E-state index in [2.05, 4.69) is 15.5 Å². The number of pyridine rings is 1. The number of rotatable bonds is 4. The Labute approximate surface area is 147 Å². The maximum atomic E-state index is 12.3. The second-order valence-electron chi connectivity index (χ2n) is 4.82. The Hall–Kier alpha value is -1.76. The highest BCUT2D eigenvalue weighted by atomic mass is 35.5. The van der Waals surface area contributed by atoms with Crippen molar-refractivity contribution in [2.75, 3.05) is 5.32 Å². The van der Waals surface area contributed by atoms with Crippen LogP contribution < -0.4 is 5.32 Å². The number of benzene rings is 1. The highest BCUT2D eigenvalue weighted by Gasteiger charge is 2.18. The van der Waals surface area contributed by atoms with E-state index < -0.39 is 0 Å². The maximum Gasteiger partial charge on any atom is 0.237 e. The highest BCUT2D eigenvalue weighted by Crippen LogP contribution is 2.25. The van der Waals surface area contributed by atoms with Crippen LogP contribution >= 0.6 is 35.0 Å². The van der Waals surface area contributed by atoms with E-state index in [1.807, 2.05) is 28.8 Å². The first-order chi connectivity index (χ1) is 11.0. The molecule has 1 unspecified atom stereocenters. The summed E-state index contributed by atoms with van der Waals surface area (Å²) in [6, 6.07) is 10.5. The quantitative estimate of drug-likeness (QED) is 0.704. The van der Waals surface area contributed by atoms with Gasteiger partial charge in [-0.2, -0.15) is 0 Å². The summed E-state index contributed by atoms with van der Waals surface area (Å²) in [5.74, 6) is -0.166. The van der Waals surface area contributed by atoms with Crippen molar-refractivity contribution in [3.8, 4) is 0 Å². The average molecular weight is 367 g/mol. The summed E-state index contributed by atoms with van der Waals surface area (Å²) in [4.78, 5) is 12.3. The molecule has 1 atom stereocenters. The van der Waals surface area contributed by atoms with Gasteiger partial charge in [0.1, 0.15) is 0 Å². The van der Waals surface area contributed by atoms with E-state index in [0.717, 1.165) is 5.65 Å². The van der Waals surface area contributed by atoms with Crippen molar-refractivity contribution in [2.45, 2.75) is 17.3 Å². The molecule has 1 N–H and O–H groups in total. The third-order valence-electron chi connectivity index (χ3n) is 3.06. The zero-order valence-corrected chi connectivity index (χ0v) is 14.4. The standard InChI is InChI=1S/C15H12Cl2N4OS/c1-9(14(22)18-12-7-10(16)6-11(17)8-12)23-15-20-19-13-4-2-3-5-21(13)15/h2-9H,1H3,(H,18,22). The van der Waals surface area contributed by atoms with Crippen molar-refractivity contribution in [1.82, 2.24) is 14.6 Å².